The fourth-order valence-corrected chi connectivity index (χ4v) is 1.77. The molecule has 1 heterocycles. The van der Waals surface area contributed by atoms with Gasteiger partial charge in [-0.05, 0) is 12.1 Å². The van der Waals surface area contributed by atoms with Gasteiger partial charge in [0, 0.05) is 5.70 Å². The topological polar surface area (TPSA) is 64.6 Å². The highest BCUT2D eigenvalue weighted by atomic mass is 16.5. The quantitative estimate of drug-likeness (QED) is 0.643. The summed E-state index contributed by atoms with van der Waals surface area (Å²) in [4.78, 5) is 22.9. The number of nitrogens with one attached hydrogen (secondary N) is 1. The number of para-hydroxylation sites is 2. The standard InChI is InChI=1S/C13H13NO4/c1-8(12-10(15)7-18-13(12)16)14-9-5-3-4-6-11(9)17-2/h3-6,12,14H,1,7H2,2H3/t12-/m1/s1. The van der Waals surface area contributed by atoms with E-state index in [0.29, 0.717) is 17.1 Å². The van der Waals surface area contributed by atoms with Crippen molar-refractivity contribution in [3.8, 4) is 5.75 Å². The van der Waals surface area contributed by atoms with E-state index in [9.17, 15) is 9.59 Å². The minimum atomic E-state index is -0.935. The molecule has 0 unspecified atom stereocenters. The maximum absolute atomic E-state index is 11.5. The van der Waals surface area contributed by atoms with Crippen molar-refractivity contribution in [3.05, 3.63) is 36.5 Å². The van der Waals surface area contributed by atoms with Crippen LogP contribution in [0.3, 0.4) is 0 Å². The van der Waals surface area contributed by atoms with Crippen LogP contribution in [0.1, 0.15) is 0 Å². The fraction of sp³-hybridized carbons (Fsp3) is 0.231. The number of rotatable bonds is 4. The van der Waals surface area contributed by atoms with Crippen LogP contribution in [0.2, 0.25) is 0 Å². The van der Waals surface area contributed by atoms with E-state index in [2.05, 4.69) is 16.6 Å². The first-order valence-corrected chi connectivity index (χ1v) is 5.41. The van der Waals surface area contributed by atoms with Crippen molar-refractivity contribution >= 4 is 17.4 Å². The molecule has 2 rings (SSSR count). The number of ketones is 1. The molecular weight excluding hydrogens is 234 g/mol. The molecule has 0 aromatic heterocycles. The number of methoxy groups -OCH3 is 1. The summed E-state index contributed by atoms with van der Waals surface area (Å²) < 4.78 is 9.83. The van der Waals surface area contributed by atoms with Crippen molar-refractivity contribution in [1.82, 2.24) is 0 Å². The van der Waals surface area contributed by atoms with Gasteiger partial charge in [0.1, 0.15) is 5.75 Å². The number of carbonyl (C=O) groups excluding carboxylic acids is 2. The van der Waals surface area contributed by atoms with E-state index in [4.69, 9.17) is 4.74 Å². The number of Topliss-reactive ketones (excluding diaryl/α,β-unsaturated/α-hetero) is 1. The van der Waals surface area contributed by atoms with Crippen LogP contribution in [0.4, 0.5) is 5.69 Å². The fourth-order valence-electron chi connectivity index (χ4n) is 1.77. The van der Waals surface area contributed by atoms with Crippen molar-refractivity contribution in [2.75, 3.05) is 19.0 Å². The summed E-state index contributed by atoms with van der Waals surface area (Å²) in [5.41, 5.74) is 0.949. The third-order valence-electron chi connectivity index (χ3n) is 2.67. The Bertz CT molecular complexity index is 493. The SMILES string of the molecule is C=C(Nc1ccccc1OC)[C@@H]1C(=O)COC1=O. The van der Waals surface area contributed by atoms with Crippen molar-refractivity contribution in [2.24, 2.45) is 5.92 Å². The number of anilines is 1. The van der Waals surface area contributed by atoms with Crippen LogP contribution in [0.5, 0.6) is 5.75 Å². The summed E-state index contributed by atoms with van der Waals surface area (Å²) in [6, 6.07) is 7.17. The van der Waals surface area contributed by atoms with E-state index in [-0.39, 0.29) is 12.4 Å². The zero-order chi connectivity index (χ0) is 13.1. The lowest BCUT2D eigenvalue weighted by Crippen LogP contribution is -2.22. The lowest BCUT2D eigenvalue weighted by molar-refractivity contribution is -0.140. The molecule has 0 aliphatic carbocycles. The van der Waals surface area contributed by atoms with Gasteiger partial charge in [-0.3, -0.25) is 9.59 Å². The van der Waals surface area contributed by atoms with Gasteiger partial charge in [0.15, 0.2) is 18.3 Å². The maximum atomic E-state index is 11.5. The summed E-state index contributed by atoms with van der Waals surface area (Å²) >= 11 is 0. The molecule has 1 aromatic carbocycles. The van der Waals surface area contributed by atoms with Crippen LogP contribution >= 0.6 is 0 Å². The lowest BCUT2D eigenvalue weighted by Gasteiger charge is -2.14. The Hall–Kier alpha value is -2.30. The average Bonchev–Trinajstić information content (AvgIpc) is 2.69. The third-order valence-corrected chi connectivity index (χ3v) is 2.67. The van der Waals surface area contributed by atoms with E-state index < -0.39 is 11.9 Å². The van der Waals surface area contributed by atoms with Gasteiger partial charge in [-0.25, -0.2) is 0 Å². The average molecular weight is 247 g/mol. The van der Waals surface area contributed by atoms with Crippen LogP contribution in [0.15, 0.2) is 36.5 Å². The van der Waals surface area contributed by atoms with Gasteiger partial charge in [0.2, 0.25) is 0 Å². The predicted molar refractivity (Wildman–Crippen MR) is 65.2 cm³/mol. The molecule has 94 valence electrons. The number of benzene rings is 1. The first-order valence-electron chi connectivity index (χ1n) is 5.41. The Balaban J connectivity index is 2.16. The summed E-state index contributed by atoms with van der Waals surface area (Å²) in [6.07, 6.45) is 0. The summed E-state index contributed by atoms with van der Waals surface area (Å²) in [7, 11) is 1.54. The van der Waals surface area contributed by atoms with Gasteiger partial charge in [-0.1, -0.05) is 18.7 Å². The predicted octanol–water partition coefficient (Wildman–Crippen LogP) is 1.36. The second-order valence-electron chi connectivity index (χ2n) is 3.86. The zero-order valence-corrected chi connectivity index (χ0v) is 9.93. The van der Waals surface area contributed by atoms with Gasteiger partial charge >= 0.3 is 5.97 Å². The molecule has 1 aromatic rings. The monoisotopic (exact) mass is 247 g/mol. The number of hydrogen-bond acceptors (Lipinski definition) is 5. The molecule has 18 heavy (non-hydrogen) atoms. The molecule has 1 aliphatic heterocycles. The Morgan fingerprint density at radius 1 is 1.44 bits per heavy atom. The molecule has 0 amide bonds. The van der Waals surface area contributed by atoms with Crippen molar-refractivity contribution < 1.29 is 19.1 Å². The van der Waals surface area contributed by atoms with Crippen LogP contribution in [-0.2, 0) is 14.3 Å². The smallest absolute Gasteiger partial charge is 0.323 e. The molecule has 1 atom stereocenters. The zero-order valence-electron chi connectivity index (χ0n) is 9.93. The molecular formula is C13H13NO4. The van der Waals surface area contributed by atoms with Gasteiger partial charge in [0.25, 0.3) is 0 Å². The number of ether oxygens (including phenoxy) is 2. The van der Waals surface area contributed by atoms with E-state index in [1.165, 1.54) is 7.11 Å². The maximum Gasteiger partial charge on any atom is 0.323 e. The Kier molecular flexibility index (Phi) is 3.32. The molecule has 1 saturated heterocycles. The third kappa shape index (κ3) is 2.20. The molecule has 5 heteroatoms. The van der Waals surface area contributed by atoms with Crippen molar-refractivity contribution in [2.45, 2.75) is 0 Å². The number of cyclic esters (lactones) is 1. The highest BCUT2D eigenvalue weighted by molar-refractivity contribution is 6.07. The first-order chi connectivity index (χ1) is 8.63. The normalized spacial score (nSPS) is 18.4. The van der Waals surface area contributed by atoms with Gasteiger partial charge in [-0.15, -0.1) is 0 Å². The highest BCUT2D eigenvalue weighted by Crippen LogP contribution is 2.27. The Labute approximate surface area is 104 Å². The molecule has 1 aliphatic rings. The Morgan fingerprint density at radius 2 is 2.17 bits per heavy atom. The number of carbonyl (C=O) groups is 2. The molecule has 1 fully saturated rings. The van der Waals surface area contributed by atoms with Crippen LogP contribution in [-0.4, -0.2) is 25.5 Å². The van der Waals surface area contributed by atoms with Gasteiger partial charge in [-0.2, -0.15) is 0 Å². The highest BCUT2D eigenvalue weighted by Gasteiger charge is 2.37. The summed E-state index contributed by atoms with van der Waals surface area (Å²) in [5, 5.41) is 2.92. The lowest BCUT2D eigenvalue weighted by atomic mass is 10.0. The number of esters is 1. The van der Waals surface area contributed by atoms with Gasteiger partial charge in [0.05, 0.1) is 12.8 Å². The van der Waals surface area contributed by atoms with Crippen molar-refractivity contribution in [3.63, 3.8) is 0 Å². The second kappa shape index (κ2) is 4.91. The molecule has 1 N–H and O–H groups in total. The number of hydrogen-bond donors (Lipinski definition) is 1. The Morgan fingerprint density at radius 3 is 2.78 bits per heavy atom. The minimum Gasteiger partial charge on any atom is -0.495 e. The van der Waals surface area contributed by atoms with E-state index in [1.807, 2.05) is 12.1 Å². The van der Waals surface area contributed by atoms with Crippen LogP contribution < -0.4 is 10.1 Å². The van der Waals surface area contributed by atoms with Crippen LogP contribution in [0.25, 0.3) is 0 Å². The van der Waals surface area contributed by atoms with E-state index >= 15 is 0 Å². The molecule has 0 bridgehead atoms. The van der Waals surface area contributed by atoms with E-state index in [0.717, 1.165) is 0 Å². The minimum absolute atomic E-state index is 0.184. The van der Waals surface area contributed by atoms with Gasteiger partial charge < -0.3 is 14.8 Å². The first kappa shape index (κ1) is 12.2. The molecule has 0 saturated carbocycles. The molecule has 0 radical (unpaired) electrons. The van der Waals surface area contributed by atoms with Crippen LogP contribution in [0, 0.1) is 5.92 Å². The summed E-state index contributed by atoms with van der Waals surface area (Å²) in [6.45, 7) is 3.54. The second-order valence-corrected chi connectivity index (χ2v) is 3.86. The van der Waals surface area contributed by atoms with E-state index in [1.54, 1.807) is 12.1 Å². The van der Waals surface area contributed by atoms with Crippen molar-refractivity contribution in [1.29, 1.82) is 0 Å². The molecule has 5 nitrogen and oxygen atoms in total. The molecule has 0 spiro atoms. The largest absolute Gasteiger partial charge is 0.495 e. The summed E-state index contributed by atoms with van der Waals surface area (Å²) in [5.74, 6) is -1.17.